The minimum Gasteiger partial charge on any atom is -0.478 e. The van der Waals surface area contributed by atoms with Crippen molar-refractivity contribution in [3.63, 3.8) is 0 Å². The number of rotatable bonds is 14. The Morgan fingerprint density at radius 3 is 1.13 bits per heavy atom. The summed E-state index contributed by atoms with van der Waals surface area (Å²) in [4.78, 5) is 73.4. The maximum Gasteiger partial charge on any atom is 0.337 e. The Kier molecular flexibility index (Phi) is 30.4. The quantitative estimate of drug-likeness (QED) is 0.0504. The summed E-state index contributed by atoms with van der Waals surface area (Å²) in [5.74, 6) is -1.80. The van der Waals surface area contributed by atoms with Crippen molar-refractivity contribution in [2.24, 2.45) is 5.73 Å². The van der Waals surface area contributed by atoms with E-state index in [1.54, 1.807) is 101 Å². The molecule has 0 spiro atoms. The minimum absolute atomic E-state index is 0.00263. The van der Waals surface area contributed by atoms with E-state index >= 15 is 0 Å². The van der Waals surface area contributed by atoms with E-state index in [9.17, 15) is 33.9 Å². The second-order valence-electron chi connectivity index (χ2n) is 16.9. The molecule has 0 aliphatic carbocycles. The average Bonchev–Trinajstić information content (AvgIpc) is 3.42. The number of amides is 1. The largest absolute Gasteiger partial charge is 0.478 e. The Balaban J connectivity index is 0.000000484. The topological polar surface area (TPSA) is 279 Å². The van der Waals surface area contributed by atoms with E-state index in [0.29, 0.717) is 39.9 Å². The number of aromatic nitrogens is 2. The van der Waals surface area contributed by atoms with Gasteiger partial charge in [0, 0.05) is 69.6 Å². The van der Waals surface area contributed by atoms with Crippen LogP contribution < -0.4 is 22.2 Å². The van der Waals surface area contributed by atoms with Crippen LogP contribution in [0.5, 0.6) is 0 Å². The third-order valence-corrected chi connectivity index (χ3v) is 11.6. The fourth-order valence-corrected chi connectivity index (χ4v) is 6.74. The number of hydrogen-bond acceptors (Lipinski definition) is 14. The standard InChI is InChI=1S/C18H22N2O3.C11H14O3.2C10H12O3.C8H12N2O.CH4O/c1-11-9-12(2)20-18(22)16(11)10-19-17(21)15-7-5-14(6-8-15)13(3)23-4;1-8(13-2)9-4-6-10(7-5-9)11(12)14-3;1-7(13-2)8-3-5-9(6-4-8)10(11)12;1-7(11)8-3-5-9(6-4-8)10(12)13-2;1-5-3-6(2)10-8(11)7(5)4-9;1-2/h5-9,13H,10H2,1-4H3,(H,19,21)(H,20,22);4-8H,1-3H3;3-7H,1-2H3,(H,11,12);3-7,11H,1-2H3;3H,4,9H2,1-2H3,(H,10,11);2H,1H3. The molecule has 76 heavy (non-hydrogen) atoms. The first-order chi connectivity index (χ1) is 36.0. The normalized spacial score (nSPS) is 11.6. The third-order valence-electron chi connectivity index (χ3n) is 11.6. The molecule has 1 amide bonds. The molecule has 8 N–H and O–H groups in total. The summed E-state index contributed by atoms with van der Waals surface area (Å²) in [6.45, 7) is 15.4. The number of aliphatic hydroxyl groups is 2. The molecule has 18 heteroatoms. The van der Waals surface area contributed by atoms with Gasteiger partial charge in [-0.3, -0.25) is 14.4 Å². The average molecular weight is 1050 g/mol. The SMILES string of the molecule is CO.COC(=O)c1ccc(C(C)O)cc1.COC(=O)c1ccc(C(C)OC)cc1.COC(C)c1ccc(C(=O)NCc2c(C)cc(C)[nH]c2=O)cc1.COC(C)c1ccc(C(=O)O)cc1.Cc1cc(C)c(CN)c(=O)[nH]1. The smallest absolute Gasteiger partial charge is 0.337 e. The highest BCUT2D eigenvalue weighted by atomic mass is 16.5. The Bertz CT molecular complexity index is 2830. The van der Waals surface area contributed by atoms with Gasteiger partial charge in [0.25, 0.3) is 17.0 Å². The second-order valence-corrected chi connectivity index (χ2v) is 16.9. The van der Waals surface area contributed by atoms with Crippen molar-refractivity contribution in [2.75, 3.05) is 42.7 Å². The molecule has 4 aromatic carbocycles. The number of hydrogen-bond donors (Lipinski definition) is 7. The number of aliphatic hydroxyl groups excluding tert-OH is 2. The number of aromatic amines is 2. The van der Waals surface area contributed by atoms with Gasteiger partial charge in [-0.1, -0.05) is 48.5 Å². The number of carboxylic acid groups (broad SMARTS) is 1. The molecule has 412 valence electrons. The monoisotopic (exact) mass is 1050 g/mol. The van der Waals surface area contributed by atoms with Crippen molar-refractivity contribution in [3.05, 3.63) is 208 Å². The van der Waals surface area contributed by atoms with Crippen molar-refractivity contribution in [2.45, 2.75) is 92.9 Å². The van der Waals surface area contributed by atoms with E-state index in [1.165, 1.54) is 14.2 Å². The number of benzene rings is 4. The molecule has 4 unspecified atom stereocenters. The van der Waals surface area contributed by atoms with Gasteiger partial charge in [-0.2, -0.15) is 0 Å². The number of nitrogens with two attached hydrogens (primary N) is 1. The molecule has 6 rings (SSSR count). The van der Waals surface area contributed by atoms with Gasteiger partial charge in [-0.05, 0) is 149 Å². The molecule has 0 radical (unpaired) electrons. The second kappa shape index (κ2) is 34.8. The van der Waals surface area contributed by atoms with Gasteiger partial charge in [0.15, 0.2) is 0 Å². The van der Waals surface area contributed by atoms with E-state index in [0.717, 1.165) is 51.9 Å². The molecule has 0 aliphatic heterocycles. The maximum atomic E-state index is 12.2. The highest BCUT2D eigenvalue weighted by molar-refractivity contribution is 5.94. The molecule has 18 nitrogen and oxygen atoms in total. The number of carbonyl (C=O) groups is 4. The zero-order valence-electron chi connectivity index (χ0n) is 46.0. The lowest BCUT2D eigenvalue weighted by atomic mass is 10.1. The number of nitrogens with one attached hydrogen (secondary N) is 3. The summed E-state index contributed by atoms with van der Waals surface area (Å²) in [7, 11) is 8.63. The lowest BCUT2D eigenvalue weighted by Crippen LogP contribution is -2.27. The number of carbonyl (C=O) groups excluding carboxylic acids is 3. The summed E-state index contributed by atoms with van der Waals surface area (Å²) in [6.07, 6.45) is -0.475. The highest BCUT2D eigenvalue weighted by Gasteiger charge is 2.12. The fourth-order valence-electron chi connectivity index (χ4n) is 6.74. The molecule has 4 atom stereocenters. The van der Waals surface area contributed by atoms with Gasteiger partial charge >= 0.3 is 17.9 Å². The van der Waals surface area contributed by atoms with Crippen LogP contribution in [0.15, 0.2) is 119 Å². The molecule has 6 aromatic rings. The van der Waals surface area contributed by atoms with Crippen LogP contribution >= 0.6 is 0 Å². The maximum absolute atomic E-state index is 12.2. The molecular formula is C58H76N4O14. The first-order valence-electron chi connectivity index (χ1n) is 23.9. The Labute approximate surface area is 445 Å². The predicted molar refractivity (Wildman–Crippen MR) is 293 cm³/mol. The third kappa shape index (κ3) is 22.1. The zero-order valence-corrected chi connectivity index (χ0v) is 46.0. The van der Waals surface area contributed by atoms with Crippen LogP contribution in [0.25, 0.3) is 0 Å². The fraction of sp³-hybridized carbons (Fsp3) is 0.345. The van der Waals surface area contributed by atoms with Crippen molar-refractivity contribution >= 4 is 23.8 Å². The Morgan fingerprint density at radius 2 is 0.842 bits per heavy atom. The zero-order chi connectivity index (χ0) is 57.7. The van der Waals surface area contributed by atoms with Crippen molar-refractivity contribution < 1.29 is 58.2 Å². The summed E-state index contributed by atoms with van der Waals surface area (Å²) in [5.41, 5.74) is 15.7. The number of H-pyrrole nitrogens is 2. The number of esters is 2. The lowest BCUT2D eigenvalue weighted by Gasteiger charge is -2.11. The van der Waals surface area contributed by atoms with E-state index < -0.39 is 12.1 Å². The number of aryl methyl sites for hydroxylation is 4. The molecule has 2 heterocycles. The van der Waals surface area contributed by atoms with Gasteiger partial charge in [0.2, 0.25) is 0 Å². The highest BCUT2D eigenvalue weighted by Crippen LogP contribution is 2.19. The number of pyridine rings is 2. The van der Waals surface area contributed by atoms with Crippen LogP contribution in [-0.4, -0.2) is 91.8 Å². The van der Waals surface area contributed by atoms with Crippen LogP contribution in [0.2, 0.25) is 0 Å². The van der Waals surface area contributed by atoms with Crippen LogP contribution in [0, 0.1) is 27.7 Å². The summed E-state index contributed by atoms with van der Waals surface area (Å²) < 4.78 is 24.6. The van der Waals surface area contributed by atoms with Gasteiger partial charge in [-0.15, -0.1) is 0 Å². The van der Waals surface area contributed by atoms with Gasteiger partial charge in [0.05, 0.1) is 55.3 Å². The van der Waals surface area contributed by atoms with Crippen molar-refractivity contribution in [1.29, 1.82) is 0 Å². The number of carboxylic acids is 1. The van der Waals surface area contributed by atoms with Crippen molar-refractivity contribution in [1.82, 2.24) is 15.3 Å². The van der Waals surface area contributed by atoms with Gasteiger partial charge in [0.1, 0.15) is 0 Å². The van der Waals surface area contributed by atoms with E-state index in [1.807, 2.05) is 84.9 Å². The summed E-state index contributed by atoms with van der Waals surface area (Å²) in [6, 6.07) is 31.6. The van der Waals surface area contributed by atoms with Gasteiger partial charge < -0.3 is 60.0 Å². The number of ether oxygens (including phenoxy) is 5. The molecular weight excluding hydrogens is 977 g/mol. The van der Waals surface area contributed by atoms with Crippen LogP contribution in [0.3, 0.4) is 0 Å². The summed E-state index contributed by atoms with van der Waals surface area (Å²) >= 11 is 0. The molecule has 0 aliphatic rings. The van der Waals surface area contributed by atoms with E-state index in [-0.39, 0.29) is 53.8 Å². The molecule has 2 aromatic heterocycles. The summed E-state index contributed by atoms with van der Waals surface area (Å²) in [5, 5.41) is 27.6. The van der Waals surface area contributed by atoms with Crippen LogP contribution in [0.4, 0.5) is 0 Å². The Morgan fingerprint density at radius 1 is 0.526 bits per heavy atom. The minimum atomic E-state index is -0.906. The van der Waals surface area contributed by atoms with E-state index in [4.69, 9.17) is 30.2 Å². The van der Waals surface area contributed by atoms with Crippen molar-refractivity contribution in [3.8, 4) is 0 Å². The van der Waals surface area contributed by atoms with E-state index in [2.05, 4.69) is 24.8 Å². The number of aromatic carboxylic acids is 1. The Hall–Kier alpha value is -7.58. The van der Waals surface area contributed by atoms with Crippen LogP contribution in [-0.2, 0) is 36.8 Å². The molecule has 0 saturated carbocycles. The first-order valence-corrected chi connectivity index (χ1v) is 23.9. The van der Waals surface area contributed by atoms with Crippen LogP contribution in [0.1, 0.15) is 149 Å². The lowest BCUT2D eigenvalue weighted by molar-refractivity contribution is 0.0591. The van der Waals surface area contributed by atoms with Gasteiger partial charge in [-0.25, -0.2) is 14.4 Å². The first kappa shape index (κ1) is 66.4. The molecule has 0 fully saturated rings. The predicted octanol–water partition coefficient (Wildman–Crippen LogP) is 8.49. The molecule has 0 saturated heterocycles. The number of methoxy groups -OCH3 is 5. The molecule has 0 bridgehead atoms.